The third-order valence-corrected chi connectivity index (χ3v) is 4.55. The summed E-state index contributed by atoms with van der Waals surface area (Å²) < 4.78 is 5.90. The van der Waals surface area contributed by atoms with Crippen molar-refractivity contribution in [2.45, 2.75) is 85.6 Å². The van der Waals surface area contributed by atoms with Crippen molar-refractivity contribution in [3.8, 4) is 0 Å². The first-order valence-electron chi connectivity index (χ1n) is 8.91. The molecule has 0 aliphatic rings. The summed E-state index contributed by atoms with van der Waals surface area (Å²) in [5.74, 6) is 0.635. The molecule has 3 atom stereocenters. The molecule has 0 spiro atoms. The van der Waals surface area contributed by atoms with Gasteiger partial charge in [-0.2, -0.15) is 0 Å². The maximum absolute atomic E-state index is 5.90. The van der Waals surface area contributed by atoms with E-state index in [1.54, 1.807) is 0 Å². The summed E-state index contributed by atoms with van der Waals surface area (Å²) >= 11 is 0. The maximum Gasteiger partial charge on any atom is 0.0576 e. The number of hydrogen-bond donors (Lipinski definition) is 0. The fourth-order valence-corrected chi connectivity index (χ4v) is 2.33. The topological polar surface area (TPSA) is 9.23 Å². The molecule has 1 aromatic rings. The van der Waals surface area contributed by atoms with Gasteiger partial charge in [-0.25, -0.2) is 0 Å². The lowest BCUT2D eigenvalue weighted by Crippen LogP contribution is -2.23. The van der Waals surface area contributed by atoms with E-state index in [0.29, 0.717) is 18.1 Å². The smallest absolute Gasteiger partial charge is 0.0576 e. The van der Waals surface area contributed by atoms with Crippen LogP contribution >= 0.6 is 9.24 Å². The summed E-state index contributed by atoms with van der Waals surface area (Å²) in [6.45, 7) is 13.2. The van der Waals surface area contributed by atoms with E-state index in [1.165, 1.54) is 24.0 Å². The van der Waals surface area contributed by atoms with Gasteiger partial charge in [0.2, 0.25) is 0 Å². The molecule has 1 nitrogen and oxygen atoms in total. The summed E-state index contributed by atoms with van der Waals surface area (Å²) in [5.41, 5.74) is 2.81. The second-order valence-electron chi connectivity index (χ2n) is 6.28. The van der Waals surface area contributed by atoms with Gasteiger partial charge in [0.25, 0.3) is 0 Å². The van der Waals surface area contributed by atoms with E-state index in [9.17, 15) is 0 Å². The predicted molar refractivity (Wildman–Crippen MR) is 104 cm³/mol. The molecule has 0 aromatic heterocycles. The summed E-state index contributed by atoms with van der Waals surface area (Å²) in [5, 5.41) is 0. The van der Waals surface area contributed by atoms with Crippen molar-refractivity contribution in [3.05, 3.63) is 35.4 Å². The molecule has 0 fully saturated rings. The third-order valence-electron chi connectivity index (χ3n) is 4.08. The molecular formula is C20H37OP. The summed E-state index contributed by atoms with van der Waals surface area (Å²) in [6.07, 6.45) is 6.65. The number of rotatable bonds is 8. The lowest BCUT2D eigenvalue weighted by molar-refractivity contribution is -0.0306. The first kappa shape index (κ1) is 21.6. The Morgan fingerprint density at radius 3 is 1.86 bits per heavy atom. The highest BCUT2D eigenvalue weighted by Gasteiger charge is 2.13. The van der Waals surface area contributed by atoms with Crippen LogP contribution in [0.25, 0.3) is 0 Å². The molecular weight excluding hydrogens is 287 g/mol. The van der Waals surface area contributed by atoms with Gasteiger partial charge in [0, 0.05) is 0 Å². The lowest BCUT2D eigenvalue weighted by atomic mass is 10.1. The molecule has 1 aromatic carbocycles. The normalized spacial score (nSPS) is 13.5. The average molecular weight is 324 g/mol. The molecule has 0 aliphatic heterocycles. The third kappa shape index (κ3) is 9.59. The second kappa shape index (κ2) is 13.1. The first-order valence-corrected chi connectivity index (χ1v) is 9.73. The van der Waals surface area contributed by atoms with Crippen LogP contribution in [0.15, 0.2) is 24.3 Å². The number of hydrogen-bond acceptors (Lipinski definition) is 1. The summed E-state index contributed by atoms with van der Waals surface area (Å²) in [4.78, 5) is 0. The van der Waals surface area contributed by atoms with Gasteiger partial charge in [-0.05, 0) is 49.4 Å². The molecule has 128 valence electrons. The van der Waals surface area contributed by atoms with E-state index < -0.39 is 0 Å². The minimum atomic E-state index is 0.404. The fraction of sp³-hybridized carbons (Fsp3) is 0.700. The van der Waals surface area contributed by atoms with Crippen molar-refractivity contribution in [3.63, 3.8) is 0 Å². The Hall–Kier alpha value is -0.390. The van der Waals surface area contributed by atoms with Crippen LogP contribution in [-0.2, 0) is 17.3 Å². The van der Waals surface area contributed by atoms with Gasteiger partial charge >= 0.3 is 0 Å². The van der Waals surface area contributed by atoms with Gasteiger partial charge in [-0.15, -0.1) is 9.24 Å². The molecule has 22 heavy (non-hydrogen) atoms. The molecule has 1 rings (SSSR count). The Kier molecular flexibility index (Phi) is 12.9. The molecule has 0 amide bonds. The summed E-state index contributed by atoms with van der Waals surface area (Å²) in [6, 6.07) is 8.76. The first-order chi connectivity index (χ1) is 10.5. The highest BCUT2D eigenvalue weighted by Crippen LogP contribution is 2.14. The van der Waals surface area contributed by atoms with Gasteiger partial charge in [-0.1, -0.05) is 65.3 Å². The van der Waals surface area contributed by atoms with Crippen molar-refractivity contribution in [2.75, 3.05) is 0 Å². The highest BCUT2D eigenvalue weighted by molar-refractivity contribution is 7.15. The van der Waals surface area contributed by atoms with Crippen LogP contribution in [-0.4, -0.2) is 12.2 Å². The molecule has 2 heteroatoms. The monoisotopic (exact) mass is 324 g/mol. The van der Waals surface area contributed by atoms with Crippen LogP contribution in [0.5, 0.6) is 0 Å². The molecule has 3 unspecified atom stereocenters. The number of aryl methyl sites for hydroxylation is 1. The Labute approximate surface area is 141 Å². The van der Waals surface area contributed by atoms with E-state index >= 15 is 0 Å². The Morgan fingerprint density at radius 1 is 0.955 bits per heavy atom. The molecule has 0 N–H and O–H groups in total. The molecule has 0 saturated heterocycles. The Balaban J connectivity index is 0.000000406. The van der Waals surface area contributed by atoms with Crippen LogP contribution in [0.2, 0.25) is 0 Å². The molecule has 0 bridgehead atoms. The molecule has 0 saturated carbocycles. The lowest BCUT2D eigenvalue weighted by Gasteiger charge is -2.23. The minimum Gasteiger partial charge on any atom is -0.375 e. The fourth-order valence-electron chi connectivity index (χ4n) is 2.06. The minimum absolute atomic E-state index is 0.404. The van der Waals surface area contributed by atoms with Gasteiger partial charge in [0.1, 0.15) is 0 Å². The zero-order valence-electron chi connectivity index (χ0n) is 15.6. The maximum atomic E-state index is 5.90. The summed E-state index contributed by atoms with van der Waals surface area (Å²) in [7, 11) is 2.72. The predicted octanol–water partition coefficient (Wildman–Crippen LogP) is 6.25. The number of benzene rings is 1. The van der Waals surface area contributed by atoms with Crippen LogP contribution in [0.3, 0.4) is 0 Å². The van der Waals surface area contributed by atoms with E-state index in [4.69, 9.17) is 4.74 Å². The zero-order valence-corrected chi connectivity index (χ0v) is 16.7. The van der Waals surface area contributed by atoms with Crippen molar-refractivity contribution in [2.24, 2.45) is 5.92 Å². The Bertz CT molecular complexity index is 335. The van der Waals surface area contributed by atoms with E-state index in [0.717, 1.165) is 19.0 Å². The standard InChI is InChI=1S/C11H24O.C9H13P/c1-6-8-11(7-2)12-10(5)9(3)4;1-2-8-3-5-9(7-10)6-4-8/h9-11H,6-8H2,1-5H3;3-6H,2,7,10H2,1H3. The largest absolute Gasteiger partial charge is 0.375 e. The SMILES string of the molecule is CCCC(CC)OC(C)C(C)C.CCc1ccc(CP)cc1. The second-order valence-corrected chi connectivity index (χ2v) is 6.69. The average Bonchev–Trinajstić information content (AvgIpc) is 2.54. The van der Waals surface area contributed by atoms with Gasteiger partial charge in [0.05, 0.1) is 12.2 Å². The van der Waals surface area contributed by atoms with Crippen LogP contribution < -0.4 is 0 Å². The van der Waals surface area contributed by atoms with Gasteiger partial charge in [0.15, 0.2) is 0 Å². The van der Waals surface area contributed by atoms with Crippen molar-refractivity contribution < 1.29 is 4.74 Å². The van der Waals surface area contributed by atoms with Gasteiger partial charge in [-0.3, -0.25) is 0 Å². The van der Waals surface area contributed by atoms with Crippen LogP contribution in [0.4, 0.5) is 0 Å². The van der Waals surface area contributed by atoms with Crippen molar-refractivity contribution in [1.82, 2.24) is 0 Å². The molecule has 0 aliphatic carbocycles. The quantitative estimate of drug-likeness (QED) is 0.513. The molecule has 0 heterocycles. The van der Waals surface area contributed by atoms with Crippen LogP contribution in [0, 0.1) is 5.92 Å². The number of ether oxygens (including phenoxy) is 1. The van der Waals surface area contributed by atoms with E-state index in [1.807, 2.05) is 0 Å². The molecule has 0 radical (unpaired) electrons. The van der Waals surface area contributed by atoms with Gasteiger partial charge < -0.3 is 4.74 Å². The van der Waals surface area contributed by atoms with E-state index in [-0.39, 0.29) is 0 Å². The Morgan fingerprint density at radius 2 is 1.50 bits per heavy atom. The van der Waals surface area contributed by atoms with E-state index in [2.05, 4.69) is 75.0 Å². The highest BCUT2D eigenvalue weighted by atomic mass is 31.0. The van der Waals surface area contributed by atoms with Crippen molar-refractivity contribution >= 4 is 9.24 Å². The zero-order chi connectivity index (χ0) is 17.0. The van der Waals surface area contributed by atoms with Crippen LogP contribution in [0.1, 0.15) is 71.9 Å². The van der Waals surface area contributed by atoms with Crippen molar-refractivity contribution in [1.29, 1.82) is 0 Å².